The summed E-state index contributed by atoms with van der Waals surface area (Å²) in [7, 11) is 1.35. The van der Waals surface area contributed by atoms with Crippen molar-refractivity contribution in [1.29, 1.82) is 0 Å². The van der Waals surface area contributed by atoms with E-state index in [9.17, 15) is 22.8 Å². The largest absolute Gasteiger partial charge is 0.492 e. The van der Waals surface area contributed by atoms with Crippen molar-refractivity contribution in [3.63, 3.8) is 0 Å². The Labute approximate surface area is 117 Å². The molecular formula is C11H13F3N4O3. The van der Waals surface area contributed by atoms with E-state index in [0.29, 0.717) is 0 Å². The summed E-state index contributed by atoms with van der Waals surface area (Å²) in [4.78, 5) is 27.0. The van der Waals surface area contributed by atoms with Gasteiger partial charge < -0.3 is 10.2 Å². The molecule has 1 aromatic rings. The van der Waals surface area contributed by atoms with Crippen molar-refractivity contribution in [2.75, 3.05) is 13.6 Å². The Bertz CT molecular complexity index is 517. The van der Waals surface area contributed by atoms with Crippen molar-refractivity contribution in [3.05, 3.63) is 18.5 Å². The molecule has 0 unspecified atom stereocenters. The smallest absolute Gasteiger partial charge is 0.360 e. The first kappa shape index (κ1) is 15.3. The molecule has 116 valence electrons. The van der Waals surface area contributed by atoms with Crippen LogP contribution in [0.3, 0.4) is 0 Å². The molecule has 10 heteroatoms. The van der Waals surface area contributed by atoms with E-state index >= 15 is 0 Å². The second kappa shape index (κ2) is 5.72. The second-order valence-corrected chi connectivity index (χ2v) is 4.48. The predicted molar refractivity (Wildman–Crippen MR) is 62.6 cm³/mol. The van der Waals surface area contributed by atoms with E-state index in [1.54, 1.807) is 12.3 Å². The van der Waals surface area contributed by atoms with Gasteiger partial charge in [0.2, 0.25) is 5.91 Å². The predicted octanol–water partition coefficient (Wildman–Crippen LogP) is 0.265. The zero-order valence-corrected chi connectivity index (χ0v) is 11.0. The van der Waals surface area contributed by atoms with Gasteiger partial charge in [-0.05, 0) is 12.5 Å². The van der Waals surface area contributed by atoms with Gasteiger partial charge in [0.1, 0.15) is 6.04 Å². The Morgan fingerprint density at radius 3 is 2.67 bits per heavy atom. The van der Waals surface area contributed by atoms with Crippen LogP contribution >= 0.6 is 0 Å². The highest BCUT2D eigenvalue weighted by molar-refractivity contribution is 5.82. The van der Waals surface area contributed by atoms with Gasteiger partial charge in [0.25, 0.3) is 0 Å². The number of alkyl halides is 3. The fourth-order valence-corrected chi connectivity index (χ4v) is 2.14. The van der Waals surface area contributed by atoms with E-state index in [-0.39, 0.29) is 19.0 Å². The molecule has 2 rings (SSSR count). The molecule has 1 aromatic heterocycles. The van der Waals surface area contributed by atoms with Crippen LogP contribution in [0.15, 0.2) is 18.5 Å². The summed E-state index contributed by atoms with van der Waals surface area (Å²) in [6, 6.07) is 0.304. The third-order valence-electron chi connectivity index (χ3n) is 3.11. The van der Waals surface area contributed by atoms with Crippen LogP contribution in [0.4, 0.5) is 13.2 Å². The molecule has 1 N–H and O–H groups in total. The maximum absolute atomic E-state index is 12.3. The number of likely N-dealkylation sites (N-methyl/N-ethyl adjacent to an activating group) is 1. The molecule has 0 spiro atoms. The van der Waals surface area contributed by atoms with Gasteiger partial charge in [-0.2, -0.15) is 18.3 Å². The maximum atomic E-state index is 12.3. The monoisotopic (exact) mass is 306 g/mol. The SMILES string of the molecule is CNC(=O)[C@H]1C[C@H](n2cccn2)CN1OC(=O)C(F)(F)F. The Morgan fingerprint density at radius 1 is 1.43 bits per heavy atom. The third-order valence-corrected chi connectivity index (χ3v) is 3.11. The van der Waals surface area contributed by atoms with Crippen LogP contribution in [0.1, 0.15) is 12.5 Å². The lowest BCUT2D eigenvalue weighted by Crippen LogP contribution is -2.44. The van der Waals surface area contributed by atoms with Crippen LogP contribution in [-0.2, 0) is 14.4 Å². The first-order valence-electron chi connectivity index (χ1n) is 6.09. The van der Waals surface area contributed by atoms with E-state index in [1.165, 1.54) is 17.9 Å². The van der Waals surface area contributed by atoms with Crippen molar-refractivity contribution in [3.8, 4) is 0 Å². The van der Waals surface area contributed by atoms with Crippen molar-refractivity contribution in [2.24, 2.45) is 0 Å². The van der Waals surface area contributed by atoms with Crippen LogP contribution in [0.25, 0.3) is 0 Å². The molecule has 2 atom stereocenters. The van der Waals surface area contributed by atoms with Gasteiger partial charge >= 0.3 is 12.1 Å². The van der Waals surface area contributed by atoms with Gasteiger partial charge in [-0.25, -0.2) is 4.79 Å². The Kier molecular flexibility index (Phi) is 4.16. The summed E-state index contributed by atoms with van der Waals surface area (Å²) < 4.78 is 38.3. The molecule has 0 saturated carbocycles. The first-order chi connectivity index (χ1) is 9.82. The summed E-state index contributed by atoms with van der Waals surface area (Å²) in [6.45, 7) is -0.0540. The lowest BCUT2D eigenvalue weighted by Gasteiger charge is -2.21. The molecule has 0 aromatic carbocycles. The van der Waals surface area contributed by atoms with Crippen molar-refractivity contribution in [2.45, 2.75) is 24.7 Å². The fourth-order valence-electron chi connectivity index (χ4n) is 2.14. The molecule has 1 fully saturated rings. The quantitative estimate of drug-likeness (QED) is 0.867. The average Bonchev–Trinajstić information content (AvgIpc) is 3.05. The highest BCUT2D eigenvalue weighted by Gasteiger charge is 2.47. The molecular weight excluding hydrogens is 293 g/mol. The van der Waals surface area contributed by atoms with Crippen molar-refractivity contribution in [1.82, 2.24) is 20.2 Å². The number of rotatable bonds is 3. The number of nitrogens with one attached hydrogen (secondary N) is 1. The number of amides is 1. The number of hydrogen-bond acceptors (Lipinski definition) is 5. The van der Waals surface area contributed by atoms with Crippen molar-refractivity contribution >= 4 is 11.9 Å². The van der Waals surface area contributed by atoms with Gasteiger partial charge in [-0.15, -0.1) is 5.06 Å². The van der Waals surface area contributed by atoms with Crippen LogP contribution in [0.2, 0.25) is 0 Å². The molecule has 1 amide bonds. The average molecular weight is 306 g/mol. The Hall–Kier alpha value is -2.10. The van der Waals surface area contributed by atoms with Gasteiger partial charge in [-0.3, -0.25) is 9.48 Å². The first-order valence-corrected chi connectivity index (χ1v) is 6.09. The lowest BCUT2D eigenvalue weighted by atomic mass is 10.1. The molecule has 2 heterocycles. The maximum Gasteiger partial charge on any atom is 0.492 e. The van der Waals surface area contributed by atoms with Crippen LogP contribution in [0, 0.1) is 0 Å². The third kappa shape index (κ3) is 3.32. The number of aromatic nitrogens is 2. The minimum atomic E-state index is -5.11. The van der Waals surface area contributed by atoms with Gasteiger partial charge in [0, 0.05) is 19.4 Å². The van der Waals surface area contributed by atoms with Gasteiger partial charge in [0.05, 0.1) is 12.6 Å². The number of hydroxylamine groups is 2. The van der Waals surface area contributed by atoms with E-state index in [4.69, 9.17) is 0 Å². The molecule has 1 saturated heterocycles. The van der Waals surface area contributed by atoms with Gasteiger partial charge in [-0.1, -0.05) is 0 Å². The van der Waals surface area contributed by atoms with E-state index in [1.807, 2.05) is 0 Å². The molecule has 1 aliphatic heterocycles. The highest BCUT2D eigenvalue weighted by Crippen LogP contribution is 2.29. The van der Waals surface area contributed by atoms with Crippen LogP contribution in [0.5, 0.6) is 0 Å². The Balaban J connectivity index is 2.13. The number of halogens is 3. The number of carbonyl (C=O) groups excluding carboxylic acids is 2. The number of carbonyl (C=O) groups is 2. The molecule has 0 radical (unpaired) electrons. The highest BCUT2D eigenvalue weighted by atomic mass is 19.4. The zero-order valence-electron chi connectivity index (χ0n) is 11.0. The summed E-state index contributed by atoms with van der Waals surface area (Å²) in [5.41, 5.74) is 0. The minimum Gasteiger partial charge on any atom is -0.360 e. The second-order valence-electron chi connectivity index (χ2n) is 4.48. The molecule has 21 heavy (non-hydrogen) atoms. The molecule has 0 bridgehead atoms. The summed E-state index contributed by atoms with van der Waals surface area (Å²) in [6.07, 6.45) is -1.79. The summed E-state index contributed by atoms with van der Waals surface area (Å²) in [5.74, 6) is -2.88. The number of nitrogens with zero attached hydrogens (tertiary/aromatic N) is 3. The number of hydrogen-bond donors (Lipinski definition) is 1. The lowest BCUT2D eigenvalue weighted by molar-refractivity contribution is -0.240. The topological polar surface area (TPSA) is 76.5 Å². The van der Waals surface area contributed by atoms with Crippen LogP contribution < -0.4 is 5.32 Å². The molecule has 0 aliphatic carbocycles. The zero-order chi connectivity index (χ0) is 15.6. The summed E-state index contributed by atoms with van der Waals surface area (Å²) in [5, 5.41) is 7.06. The normalized spacial score (nSPS) is 23.0. The molecule has 7 nitrogen and oxygen atoms in total. The molecule has 1 aliphatic rings. The summed E-state index contributed by atoms with van der Waals surface area (Å²) >= 11 is 0. The van der Waals surface area contributed by atoms with E-state index in [0.717, 1.165) is 5.06 Å². The van der Waals surface area contributed by atoms with E-state index in [2.05, 4.69) is 15.3 Å². The minimum absolute atomic E-state index is 0.0540. The fraction of sp³-hybridized carbons (Fsp3) is 0.545. The Morgan fingerprint density at radius 2 is 2.14 bits per heavy atom. The van der Waals surface area contributed by atoms with Crippen molar-refractivity contribution < 1.29 is 27.6 Å². The van der Waals surface area contributed by atoms with E-state index < -0.39 is 24.1 Å². The van der Waals surface area contributed by atoms with Crippen LogP contribution in [-0.4, -0.2) is 52.5 Å². The standard InChI is InChI=1S/C11H13F3N4O3/c1-15-9(19)8-5-7(17-4-2-3-16-17)6-18(8)21-10(20)11(12,13)14/h2-4,7-8H,5-6H2,1H3,(H,15,19)/t7-,8+/m0/s1. The van der Waals surface area contributed by atoms with Gasteiger partial charge in [0.15, 0.2) is 0 Å².